The molecule has 0 aromatic heterocycles. The van der Waals surface area contributed by atoms with Gasteiger partial charge < -0.3 is 10.1 Å². The van der Waals surface area contributed by atoms with Crippen LogP contribution in [0.2, 0.25) is 0 Å². The van der Waals surface area contributed by atoms with E-state index in [-0.39, 0.29) is 11.9 Å². The van der Waals surface area contributed by atoms with Gasteiger partial charge in [-0.15, -0.1) is 11.6 Å². The molecule has 0 radical (unpaired) electrons. The predicted molar refractivity (Wildman–Crippen MR) is 79.0 cm³/mol. The third-order valence-corrected chi connectivity index (χ3v) is 4.88. The van der Waals surface area contributed by atoms with Crippen LogP contribution in [-0.4, -0.2) is 24.6 Å². The van der Waals surface area contributed by atoms with E-state index in [2.05, 4.69) is 5.32 Å². The number of ether oxygens (including phenoxy) is 1. The molecule has 1 saturated carbocycles. The molecule has 4 heteroatoms. The second-order valence-corrected chi connectivity index (χ2v) is 6.22. The minimum Gasteiger partial charge on any atom is -0.488 e. The molecule has 1 aliphatic heterocycles. The summed E-state index contributed by atoms with van der Waals surface area (Å²) in [6, 6.07) is 5.27. The molecule has 0 spiro atoms. The lowest BCUT2D eigenvalue weighted by molar-refractivity contribution is 0.200. The molecular weight excluding hydrogens is 277 g/mol. The lowest BCUT2D eigenvalue weighted by Crippen LogP contribution is -2.43. The second kappa shape index (κ2) is 6.31. The fraction of sp³-hybridized carbons (Fsp3) is 0.625. The molecule has 1 aromatic rings. The zero-order chi connectivity index (χ0) is 13.9. The molecule has 20 heavy (non-hydrogen) atoms. The van der Waals surface area contributed by atoms with Gasteiger partial charge in [0.05, 0.1) is 0 Å². The number of hydrogen-bond acceptors (Lipinski definition) is 2. The summed E-state index contributed by atoms with van der Waals surface area (Å²) in [5.41, 5.74) is 0.981. The van der Waals surface area contributed by atoms with Crippen LogP contribution in [0, 0.1) is 11.7 Å². The summed E-state index contributed by atoms with van der Waals surface area (Å²) >= 11 is 6.05. The SMILES string of the molecule is Fc1ccc2c(c1)CC(CNC1CCCCC1CCl)O2. The van der Waals surface area contributed by atoms with Crippen LogP contribution in [-0.2, 0) is 6.42 Å². The molecule has 0 saturated heterocycles. The molecular formula is C16H21ClFNO. The average Bonchev–Trinajstić information content (AvgIpc) is 2.87. The van der Waals surface area contributed by atoms with Crippen molar-refractivity contribution in [1.82, 2.24) is 5.32 Å². The van der Waals surface area contributed by atoms with Gasteiger partial charge in [0, 0.05) is 30.5 Å². The Labute approximate surface area is 124 Å². The van der Waals surface area contributed by atoms with Crippen molar-refractivity contribution in [1.29, 1.82) is 0 Å². The fourth-order valence-electron chi connectivity index (χ4n) is 3.35. The van der Waals surface area contributed by atoms with Gasteiger partial charge in [0.1, 0.15) is 17.7 Å². The Kier molecular flexibility index (Phi) is 4.47. The Morgan fingerprint density at radius 2 is 2.15 bits per heavy atom. The van der Waals surface area contributed by atoms with E-state index in [0.29, 0.717) is 12.0 Å². The van der Waals surface area contributed by atoms with Gasteiger partial charge >= 0.3 is 0 Å². The first-order valence-electron chi connectivity index (χ1n) is 7.50. The minimum absolute atomic E-state index is 0.115. The predicted octanol–water partition coefficient (Wildman–Crippen LogP) is 3.52. The van der Waals surface area contributed by atoms with Crippen LogP contribution in [0.15, 0.2) is 18.2 Å². The van der Waals surface area contributed by atoms with Crippen molar-refractivity contribution in [3.05, 3.63) is 29.6 Å². The summed E-state index contributed by atoms with van der Waals surface area (Å²) < 4.78 is 19.0. The largest absolute Gasteiger partial charge is 0.488 e. The van der Waals surface area contributed by atoms with Crippen molar-refractivity contribution in [3.63, 3.8) is 0 Å². The van der Waals surface area contributed by atoms with E-state index in [1.165, 1.54) is 31.7 Å². The van der Waals surface area contributed by atoms with E-state index in [4.69, 9.17) is 16.3 Å². The van der Waals surface area contributed by atoms with Gasteiger partial charge in [-0.05, 0) is 37.0 Å². The highest BCUT2D eigenvalue weighted by Crippen LogP contribution is 2.30. The number of rotatable bonds is 4. The zero-order valence-corrected chi connectivity index (χ0v) is 12.3. The molecule has 2 aliphatic rings. The van der Waals surface area contributed by atoms with E-state index in [9.17, 15) is 4.39 Å². The number of fused-ring (bicyclic) bond motifs is 1. The molecule has 1 aromatic carbocycles. The minimum atomic E-state index is -0.185. The zero-order valence-electron chi connectivity index (χ0n) is 11.6. The Morgan fingerprint density at radius 3 is 3.00 bits per heavy atom. The molecule has 0 amide bonds. The number of halogens is 2. The van der Waals surface area contributed by atoms with Crippen LogP contribution in [0.3, 0.4) is 0 Å². The molecule has 1 aliphatic carbocycles. The molecule has 0 bridgehead atoms. The van der Waals surface area contributed by atoms with Crippen LogP contribution in [0.4, 0.5) is 4.39 Å². The van der Waals surface area contributed by atoms with Crippen LogP contribution < -0.4 is 10.1 Å². The van der Waals surface area contributed by atoms with E-state index >= 15 is 0 Å². The Bertz CT molecular complexity index is 468. The van der Waals surface area contributed by atoms with Gasteiger partial charge in [0.2, 0.25) is 0 Å². The summed E-state index contributed by atoms with van der Waals surface area (Å²) in [6.45, 7) is 0.814. The van der Waals surface area contributed by atoms with Gasteiger partial charge in [-0.1, -0.05) is 12.8 Å². The standard InChI is InChI=1S/C16H21ClFNO/c17-9-11-3-1-2-4-15(11)19-10-14-8-12-7-13(18)5-6-16(12)20-14/h5-7,11,14-15,19H,1-4,8-10H2. The summed E-state index contributed by atoms with van der Waals surface area (Å²) in [4.78, 5) is 0. The summed E-state index contributed by atoms with van der Waals surface area (Å²) in [5, 5.41) is 3.61. The van der Waals surface area contributed by atoms with Crippen molar-refractivity contribution >= 4 is 11.6 Å². The third kappa shape index (κ3) is 3.09. The van der Waals surface area contributed by atoms with Crippen LogP contribution in [0.25, 0.3) is 0 Å². The quantitative estimate of drug-likeness (QED) is 0.859. The normalized spacial score (nSPS) is 29.0. The summed E-state index contributed by atoms with van der Waals surface area (Å²) in [7, 11) is 0. The maximum Gasteiger partial charge on any atom is 0.123 e. The van der Waals surface area contributed by atoms with Crippen molar-refractivity contribution in [2.75, 3.05) is 12.4 Å². The monoisotopic (exact) mass is 297 g/mol. The van der Waals surface area contributed by atoms with Crippen molar-refractivity contribution in [3.8, 4) is 5.75 Å². The van der Waals surface area contributed by atoms with Gasteiger partial charge in [-0.3, -0.25) is 0 Å². The number of nitrogens with one attached hydrogen (secondary N) is 1. The van der Waals surface area contributed by atoms with Gasteiger partial charge in [-0.25, -0.2) is 4.39 Å². The molecule has 1 fully saturated rings. The maximum atomic E-state index is 13.2. The molecule has 3 unspecified atom stereocenters. The van der Waals surface area contributed by atoms with Crippen LogP contribution >= 0.6 is 11.6 Å². The smallest absolute Gasteiger partial charge is 0.123 e. The number of alkyl halides is 1. The first-order chi connectivity index (χ1) is 9.76. The van der Waals surface area contributed by atoms with E-state index in [1.54, 1.807) is 12.1 Å². The highest BCUT2D eigenvalue weighted by atomic mass is 35.5. The molecule has 1 heterocycles. The van der Waals surface area contributed by atoms with E-state index in [0.717, 1.165) is 30.2 Å². The Balaban J connectivity index is 1.53. The van der Waals surface area contributed by atoms with Crippen molar-refractivity contribution in [2.24, 2.45) is 5.92 Å². The first-order valence-corrected chi connectivity index (χ1v) is 8.04. The van der Waals surface area contributed by atoms with Crippen LogP contribution in [0.1, 0.15) is 31.2 Å². The number of hydrogen-bond donors (Lipinski definition) is 1. The first kappa shape index (κ1) is 14.2. The third-order valence-electron chi connectivity index (χ3n) is 4.48. The second-order valence-electron chi connectivity index (χ2n) is 5.91. The summed E-state index contributed by atoms with van der Waals surface area (Å²) in [6.07, 6.45) is 5.90. The number of benzene rings is 1. The van der Waals surface area contributed by atoms with E-state index in [1.807, 2.05) is 0 Å². The van der Waals surface area contributed by atoms with Gasteiger partial charge in [0.15, 0.2) is 0 Å². The Morgan fingerprint density at radius 1 is 1.30 bits per heavy atom. The summed E-state index contributed by atoms with van der Waals surface area (Å²) in [5.74, 6) is 1.95. The Hall–Kier alpha value is -0.800. The van der Waals surface area contributed by atoms with Crippen molar-refractivity contribution < 1.29 is 9.13 Å². The van der Waals surface area contributed by atoms with Crippen LogP contribution in [0.5, 0.6) is 5.75 Å². The molecule has 1 N–H and O–H groups in total. The highest BCUT2D eigenvalue weighted by Gasteiger charge is 2.27. The topological polar surface area (TPSA) is 21.3 Å². The van der Waals surface area contributed by atoms with E-state index < -0.39 is 0 Å². The highest BCUT2D eigenvalue weighted by molar-refractivity contribution is 6.18. The fourth-order valence-corrected chi connectivity index (χ4v) is 3.72. The maximum absolute atomic E-state index is 13.2. The molecule has 2 nitrogen and oxygen atoms in total. The molecule has 3 atom stereocenters. The lowest BCUT2D eigenvalue weighted by atomic mass is 9.85. The van der Waals surface area contributed by atoms with Gasteiger partial charge in [-0.2, -0.15) is 0 Å². The van der Waals surface area contributed by atoms with Gasteiger partial charge in [0.25, 0.3) is 0 Å². The molecule has 110 valence electrons. The average molecular weight is 298 g/mol. The molecule has 3 rings (SSSR count). The lowest BCUT2D eigenvalue weighted by Gasteiger charge is -2.31. The van der Waals surface area contributed by atoms with Crippen molar-refractivity contribution in [2.45, 2.75) is 44.2 Å².